The zero-order chi connectivity index (χ0) is 10.2. The van der Waals surface area contributed by atoms with Crippen LogP contribution in [-0.4, -0.2) is 26.8 Å². The second kappa shape index (κ2) is 6.88. The Labute approximate surface area is 81.1 Å². The maximum Gasteiger partial charge on any atom is 0.0683 e. The second-order valence-electron chi connectivity index (χ2n) is 3.84. The maximum absolute atomic E-state index is 8.74. The lowest BCUT2D eigenvalue weighted by Crippen LogP contribution is -2.21. The Kier molecular flexibility index (Phi) is 6.56. The van der Waals surface area contributed by atoms with Crippen LogP contribution < -0.4 is 5.32 Å². The van der Waals surface area contributed by atoms with E-state index in [0.29, 0.717) is 0 Å². The van der Waals surface area contributed by atoms with E-state index in [1.165, 1.54) is 0 Å². The number of nitrogens with zero attached hydrogens (tertiary/aromatic N) is 1. The molecule has 0 bridgehead atoms. The number of ether oxygens (including phenoxy) is 1. The minimum Gasteiger partial charge on any atom is -0.383 e. The molecule has 0 aromatic carbocycles. The van der Waals surface area contributed by atoms with Crippen molar-refractivity contribution in [2.24, 2.45) is 5.41 Å². The van der Waals surface area contributed by atoms with E-state index in [0.717, 1.165) is 32.5 Å². The van der Waals surface area contributed by atoms with Crippen LogP contribution in [0.25, 0.3) is 0 Å². The van der Waals surface area contributed by atoms with Crippen LogP contribution in [-0.2, 0) is 4.74 Å². The van der Waals surface area contributed by atoms with Crippen LogP contribution in [0.4, 0.5) is 0 Å². The molecule has 0 rings (SSSR count). The van der Waals surface area contributed by atoms with Crippen molar-refractivity contribution in [3.05, 3.63) is 0 Å². The molecule has 0 fully saturated rings. The largest absolute Gasteiger partial charge is 0.383 e. The van der Waals surface area contributed by atoms with Gasteiger partial charge in [0, 0.05) is 13.7 Å². The molecule has 0 radical (unpaired) electrons. The average Bonchev–Trinajstić information content (AvgIpc) is 2.11. The zero-order valence-electron chi connectivity index (χ0n) is 8.89. The van der Waals surface area contributed by atoms with Crippen LogP contribution >= 0.6 is 0 Å². The number of methoxy groups -OCH3 is 1. The smallest absolute Gasteiger partial charge is 0.0683 e. The van der Waals surface area contributed by atoms with Crippen LogP contribution in [0.2, 0.25) is 0 Å². The minimum absolute atomic E-state index is 0.178. The van der Waals surface area contributed by atoms with Gasteiger partial charge >= 0.3 is 0 Å². The van der Waals surface area contributed by atoms with Gasteiger partial charge in [0.15, 0.2) is 0 Å². The quantitative estimate of drug-likeness (QED) is 0.611. The summed E-state index contributed by atoms with van der Waals surface area (Å²) in [7, 11) is 1.69. The Hall–Kier alpha value is -0.590. The minimum atomic E-state index is -0.178. The van der Waals surface area contributed by atoms with Crippen LogP contribution in [0.3, 0.4) is 0 Å². The average molecular weight is 184 g/mol. The van der Waals surface area contributed by atoms with E-state index in [4.69, 9.17) is 10.00 Å². The van der Waals surface area contributed by atoms with Crippen LogP contribution in [0, 0.1) is 16.7 Å². The molecule has 0 spiro atoms. The Bertz CT molecular complexity index is 161. The van der Waals surface area contributed by atoms with Gasteiger partial charge in [-0.3, -0.25) is 0 Å². The molecule has 0 amide bonds. The van der Waals surface area contributed by atoms with Crippen molar-refractivity contribution in [2.75, 3.05) is 26.8 Å². The highest BCUT2D eigenvalue weighted by Crippen LogP contribution is 2.19. The summed E-state index contributed by atoms with van der Waals surface area (Å²) in [6.07, 6.45) is 1.99. The molecule has 3 nitrogen and oxygen atoms in total. The fourth-order valence-electron chi connectivity index (χ4n) is 1.01. The molecule has 0 aromatic heterocycles. The Balaban J connectivity index is 3.22. The molecule has 0 atom stereocenters. The van der Waals surface area contributed by atoms with E-state index in [2.05, 4.69) is 11.4 Å². The summed E-state index contributed by atoms with van der Waals surface area (Å²) in [5.41, 5.74) is -0.178. The Morgan fingerprint density at radius 2 is 2.08 bits per heavy atom. The van der Waals surface area contributed by atoms with Gasteiger partial charge in [-0.15, -0.1) is 0 Å². The number of rotatable bonds is 7. The first-order chi connectivity index (χ1) is 6.12. The lowest BCUT2D eigenvalue weighted by Gasteiger charge is -2.14. The molecule has 1 N–H and O–H groups in total. The molecule has 0 saturated carbocycles. The van der Waals surface area contributed by atoms with E-state index < -0.39 is 0 Å². The number of hydrogen-bond acceptors (Lipinski definition) is 3. The fourth-order valence-corrected chi connectivity index (χ4v) is 1.01. The van der Waals surface area contributed by atoms with Crippen molar-refractivity contribution in [3.8, 4) is 6.07 Å². The predicted molar refractivity (Wildman–Crippen MR) is 53.4 cm³/mol. The van der Waals surface area contributed by atoms with E-state index in [1.54, 1.807) is 7.11 Å². The fraction of sp³-hybridized carbons (Fsp3) is 0.900. The summed E-state index contributed by atoms with van der Waals surface area (Å²) in [5, 5.41) is 12.0. The lowest BCUT2D eigenvalue weighted by molar-refractivity contribution is 0.199. The zero-order valence-corrected chi connectivity index (χ0v) is 8.89. The molecule has 13 heavy (non-hydrogen) atoms. The molecule has 0 aromatic rings. The summed E-state index contributed by atoms with van der Waals surface area (Å²) in [6, 6.07) is 2.29. The summed E-state index contributed by atoms with van der Waals surface area (Å²) in [5.74, 6) is 0. The highest BCUT2D eigenvalue weighted by Gasteiger charge is 2.14. The van der Waals surface area contributed by atoms with Crippen molar-refractivity contribution in [1.82, 2.24) is 5.32 Å². The van der Waals surface area contributed by atoms with Crippen LogP contribution in [0.15, 0.2) is 0 Å². The van der Waals surface area contributed by atoms with E-state index in [-0.39, 0.29) is 5.41 Å². The summed E-state index contributed by atoms with van der Waals surface area (Å²) in [4.78, 5) is 0. The molecule has 0 saturated heterocycles. The SMILES string of the molecule is COCCNCCCC(C)(C)C#N. The summed E-state index contributed by atoms with van der Waals surface area (Å²) in [6.45, 7) is 6.56. The summed E-state index contributed by atoms with van der Waals surface area (Å²) >= 11 is 0. The Morgan fingerprint density at radius 3 is 2.62 bits per heavy atom. The van der Waals surface area contributed by atoms with Gasteiger partial charge in [0.2, 0.25) is 0 Å². The highest BCUT2D eigenvalue weighted by molar-refractivity contribution is 4.91. The lowest BCUT2D eigenvalue weighted by atomic mass is 9.90. The molecular weight excluding hydrogens is 164 g/mol. The van der Waals surface area contributed by atoms with E-state index in [9.17, 15) is 0 Å². The third-order valence-corrected chi connectivity index (χ3v) is 1.94. The molecule has 3 heteroatoms. The van der Waals surface area contributed by atoms with E-state index in [1.807, 2.05) is 13.8 Å². The first-order valence-corrected chi connectivity index (χ1v) is 4.73. The molecule has 0 aliphatic heterocycles. The molecule has 0 unspecified atom stereocenters. The van der Waals surface area contributed by atoms with Crippen molar-refractivity contribution < 1.29 is 4.74 Å². The normalized spacial score (nSPS) is 11.2. The summed E-state index contributed by atoms with van der Waals surface area (Å²) < 4.78 is 4.90. The van der Waals surface area contributed by atoms with Gasteiger partial charge in [0.1, 0.15) is 0 Å². The van der Waals surface area contributed by atoms with Gasteiger partial charge in [0.25, 0.3) is 0 Å². The first kappa shape index (κ1) is 12.4. The topological polar surface area (TPSA) is 45.0 Å². The molecule has 0 aliphatic carbocycles. The standard InChI is InChI=1S/C10H20N2O/c1-10(2,9-11)5-4-6-12-7-8-13-3/h12H,4-8H2,1-3H3. The monoisotopic (exact) mass is 184 g/mol. The molecule has 0 heterocycles. The second-order valence-corrected chi connectivity index (χ2v) is 3.84. The van der Waals surface area contributed by atoms with Gasteiger partial charge in [-0.1, -0.05) is 0 Å². The molecule has 0 aliphatic rings. The van der Waals surface area contributed by atoms with Crippen molar-refractivity contribution >= 4 is 0 Å². The van der Waals surface area contributed by atoms with Crippen LogP contribution in [0.5, 0.6) is 0 Å². The predicted octanol–water partition coefficient (Wildman–Crippen LogP) is 1.55. The third kappa shape index (κ3) is 7.76. The van der Waals surface area contributed by atoms with E-state index >= 15 is 0 Å². The van der Waals surface area contributed by atoms with Crippen molar-refractivity contribution in [3.63, 3.8) is 0 Å². The van der Waals surface area contributed by atoms with Crippen molar-refractivity contribution in [2.45, 2.75) is 26.7 Å². The maximum atomic E-state index is 8.74. The van der Waals surface area contributed by atoms with Crippen LogP contribution in [0.1, 0.15) is 26.7 Å². The third-order valence-electron chi connectivity index (χ3n) is 1.94. The highest BCUT2D eigenvalue weighted by atomic mass is 16.5. The number of nitriles is 1. The van der Waals surface area contributed by atoms with Gasteiger partial charge < -0.3 is 10.1 Å². The Morgan fingerprint density at radius 1 is 1.38 bits per heavy atom. The van der Waals surface area contributed by atoms with Gasteiger partial charge in [-0.2, -0.15) is 5.26 Å². The van der Waals surface area contributed by atoms with Gasteiger partial charge in [-0.25, -0.2) is 0 Å². The number of nitrogens with one attached hydrogen (secondary N) is 1. The molecule has 76 valence electrons. The van der Waals surface area contributed by atoms with Crippen molar-refractivity contribution in [1.29, 1.82) is 5.26 Å². The van der Waals surface area contributed by atoms with Gasteiger partial charge in [0.05, 0.1) is 18.1 Å². The molecular formula is C10H20N2O. The number of hydrogen-bond donors (Lipinski definition) is 1. The first-order valence-electron chi connectivity index (χ1n) is 4.73. The van der Waals surface area contributed by atoms with Gasteiger partial charge in [-0.05, 0) is 33.2 Å².